The van der Waals surface area contributed by atoms with Crippen molar-refractivity contribution in [1.82, 2.24) is 0 Å². The first kappa shape index (κ1) is 13.9. The number of carbonyl (C=O) groups excluding carboxylic acids is 1. The van der Waals surface area contributed by atoms with Crippen LogP contribution in [0.15, 0.2) is 48.5 Å². The third-order valence-electron chi connectivity index (χ3n) is 2.66. The molecular weight excluding hydrogens is 252 g/mol. The minimum Gasteiger partial charge on any atom is -0.491 e. The summed E-state index contributed by atoms with van der Waals surface area (Å²) in [6.45, 7) is 3.94. The van der Waals surface area contributed by atoms with E-state index in [0.29, 0.717) is 11.3 Å². The summed E-state index contributed by atoms with van der Waals surface area (Å²) in [7, 11) is 0. The first-order valence-electron chi connectivity index (χ1n) is 6.48. The molecule has 0 unspecified atom stereocenters. The quantitative estimate of drug-likeness (QED) is 0.838. The molecule has 0 spiro atoms. The molecule has 2 aromatic rings. The Morgan fingerprint density at radius 2 is 1.65 bits per heavy atom. The number of nitrogens with one attached hydrogen (secondary N) is 1. The standard InChI is InChI=1S/C16H18N2O2/c1-11(2)20-15-9-7-14(8-10-15)18-16(19)12-3-5-13(17)6-4-12/h3-11H,17H2,1-2H3,(H,18,19). The number of hydrogen-bond donors (Lipinski definition) is 2. The van der Waals surface area contributed by atoms with Gasteiger partial charge in [-0.15, -0.1) is 0 Å². The first-order valence-corrected chi connectivity index (χ1v) is 6.48. The molecule has 0 saturated heterocycles. The normalized spacial score (nSPS) is 10.3. The van der Waals surface area contributed by atoms with Gasteiger partial charge in [0.15, 0.2) is 0 Å². The van der Waals surface area contributed by atoms with Gasteiger partial charge in [0.25, 0.3) is 5.91 Å². The summed E-state index contributed by atoms with van der Waals surface area (Å²) < 4.78 is 5.55. The van der Waals surface area contributed by atoms with Gasteiger partial charge in [-0.2, -0.15) is 0 Å². The maximum Gasteiger partial charge on any atom is 0.255 e. The van der Waals surface area contributed by atoms with Crippen LogP contribution in [0.1, 0.15) is 24.2 Å². The van der Waals surface area contributed by atoms with Crippen LogP contribution in [0.3, 0.4) is 0 Å². The average molecular weight is 270 g/mol. The van der Waals surface area contributed by atoms with Gasteiger partial charge in [-0.05, 0) is 62.4 Å². The van der Waals surface area contributed by atoms with Crippen LogP contribution in [-0.4, -0.2) is 12.0 Å². The maximum absolute atomic E-state index is 12.0. The average Bonchev–Trinajstić information content (AvgIpc) is 2.41. The Hall–Kier alpha value is -2.49. The molecule has 0 atom stereocenters. The molecule has 2 rings (SSSR count). The lowest BCUT2D eigenvalue weighted by atomic mass is 10.2. The van der Waals surface area contributed by atoms with Crippen molar-refractivity contribution in [2.24, 2.45) is 0 Å². The van der Waals surface area contributed by atoms with Crippen molar-refractivity contribution < 1.29 is 9.53 Å². The second-order valence-corrected chi connectivity index (χ2v) is 4.77. The molecule has 2 aromatic carbocycles. The van der Waals surface area contributed by atoms with Crippen molar-refractivity contribution in [3.63, 3.8) is 0 Å². The van der Waals surface area contributed by atoms with E-state index in [2.05, 4.69) is 5.32 Å². The molecule has 0 aromatic heterocycles. The number of amides is 1. The molecule has 0 radical (unpaired) electrons. The summed E-state index contributed by atoms with van der Waals surface area (Å²) in [6.07, 6.45) is 0.130. The highest BCUT2D eigenvalue weighted by atomic mass is 16.5. The molecule has 0 heterocycles. The molecule has 4 nitrogen and oxygen atoms in total. The van der Waals surface area contributed by atoms with Crippen molar-refractivity contribution in [3.05, 3.63) is 54.1 Å². The van der Waals surface area contributed by atoms with Crippen LogP contribution < -0.4 is 15.8 Å². The smallest absolute Gasteiger partial charge is 0.255 e. The fourth-order valence-corrected chi connectivity index (χ4v) is 1.73. The van der Waals surface area contributed by atoms with E-state index in [9.17, 15) is 4.79 Å². The lowest BCUT2D eigenvalue weighted by Gasteiger charge is -2.10. The minimum absolute atomic E-state index is 0.130. The van der Waals surface area contributed by atoms with Crippen molar-refractivity contribution in [2.75, 3.05) is 11.1 Å². The van der Waals surface area contributed by atoms with Gasteiger partial charge >= 0.3 is 0 Å². The minimum atomic E-state index is -0.164. The summed E-state index contributed by atoms with van der Waals surface area (Å²) in [4.78, 5) is 12.0. The van der Waals surface area contributed by atoms with Crippen molar-refractivity contribution in [1.29, 1.82) is 0 Å². The zero-order valence-electron chi connectivity index (χ0n) is 11.6. The highest BCUT2D eigenvalue weighted by Gasteiger charge is 2.06. The summed E-state index contributed by atoms with van der Waals surface area (Å²) in [5.41, 5.74) is 7.52. The Morgan fingerprint density at radius 1 is 1.05 bits per heavy atom. The van der Waals surface area contributed by atoms with Gasteiger partial charge in [0.2, 0.25) is 0 Å². The number of anilines is 2. The largest absolute Gasteiger partial charge is 0.491 e. The molecule has 20 heavy (non-hydrogen) atoms. The zero-order valence-corrected chi connectivity index (χ0v) is 11.6. The predicted molar refractivity (Wildman–Crippen MR) is 81.0 cm³/mol. The Kier molecular flexibility index (Phi) is 4.25. The van der Waals surface area contributed by atoms with Gasteiger partial charge in [0, 0.05) is 16.9 Å². The van der Waals surface area contributed by atoms with E-state index in [1.54, 1.807) is 24.3 Å². The van der Waals surface area contributed by atoms with Crippen LogP contribution in [0, 0.1) is 0 Å². The predicted octanol–water partition coefficient (Wildman–Crippen LogP) is 3.31. The fraction of sp³-hybridized carbons (Fsp3) is 0.188. The third kappa shape index (κ3) is 3.75. The molecular formula is C16H18N2O2. The molecule has 0 aliphatic heterocycles. The van der Waals surface area contributed by atoms with Crippen LogP contribution in [0.25, 0.3) is 0 Å². The molecule has 0 aliphatic rings. The lowest BCUT2D eigenvalue weighted by Crippen LogP contribution is -2.12. The summed E-state index contributed by atoms with van der Waals surface area (Å²) in [6, 6.07) is 14.1. The first-order chi connectivity index (χ1) is 9.54. The van der Waals surface area contributed by atoms with Gasteiger partial charge in [-0.1, -0.05) is 0 Å². The van der Waals surface area contributed by atoms with Crippen molar-refractivity contribution in [3.8, 4) is 5.75 Å². The molecule has 0 bridgehead atoms. The number of ether oxygens (including phenoxy) is 1. The van der Waals surface area contributed by atoms with E-state index in [1.165, 1.54) is 0 Å². The molecule has 0 saturated carbocycles. The molecule has 104 valence electrons. The maximum atomic E-state index is 12.0. The SMILES string of the molecule is CC(C)Oc1ccc(NC(=O)c2ccc(N)cc2)cc1. The number of nitrogen functional groups attached to an aromatic ring is 1. The summed E-state index contributed by atoms with van der Waals surface area (Å²) in [5, 5.41) is 2.82. The Morgan fingerprint density at radius 3 is 2.20 bits per heavy atom. The van der Waals surface area contributed by atoms with Crippen LogP contribution in [0.4, 0.5) is 11.4 Å². The highest BCUT2D eigenvalue weighted by Crippen LogP contribution is 2.17. The Labute approximate surface area is 118 Å². The van der Waals surface area contributed by atoms with Gasteiger partial charge in [0.05, 0.1) is 6.10 Å². The molecule has 0 fully saturated rings. The van der Waals surface area contributed by atoms with E-state index in [-0.39, 0.29) is 12.0 Å². The van der Waals surface area contributed by atoms with Gasteiger partial charge in [-0.3, -0.25) is 4.79 Å². The third-order valence-corrected chi connectivity index (χ3v) is 2.66. The molecule has 1 amide bonds. The number of hydrogen-bond acceptors (Lipinski definition) is 3. The van der Waals surface area contributed by atoms with Crippen molar-refractivity contribution >= 4 is 17.3 Å². The monoisotopic (exact) mass is 270 g/mol. The summed E-state index contributed by atoms with van der Waals surface area (Å²) in [5.74, 6) is 0.619. The number of carbonyl (C=O) groups is 1. The number of benzene rings is 2. The number of rotatable bonds is 4. The van der Waals surface area contributed by atoms with Crippen LogP contribution >= 0.6 is 0 Å². The van der Waals surface area contributed by atoms with E-state index >= 15 is 0 Å². The topological polar surface area (TPSA) is 64.3 Å². The summed E-state index contributed by atoms with van der Waals surface area (Å²) >= 11 is 0. The van der Waals surface area contributed by atoms with Gasteiger partial charge in [0.1, 0.15) is 5.75 Å². The Bertz CT molecular complexity index is 574. The van der Waals surface area contributed by atoms with Crippen LogP contribution in [0.5, 0.6) is 5.75 Å². The van der Waals surface area contributed by atoms with Crippen LogP contribution in [-0.2, 0) is 0 Å². The van der Waals surface area contributed by atoms with E-state index < -0.39 is 0 Å². The second-order valence-electron chi connectivity index (χ2n) is 4.77. The van der Waals surface area contributed by atoms with Crippen LogP contribution in [0.2, 0.25) is 0 Å². The number of nitrogens with two attached hydrogens (primary N) is 1. The van der Waals surface area contributed by atoms with Gasteiger partial charge in [-0.25, -0.2) is 0 Å². The highest BCUT2D eigenvalue weighted by molar-refractivity contribution is 6.04. The van der Waals surface area contributed by atoms with E-state index in [0.717, 1.165) is 11.4 Å². The van der Waals surface area contributed by atoms with Gasteiger partial charge < -0.3 is 15.8 Å². The molecule has 3 N–H and O–H groups in total. The molecule has 4 heteroatoms. The van der Waals surface area contributed by atoms with E-state index in [1.807, 2.05) is 38.1 Å². The zero-order chi connectivity index (χ0) is 14.5. The van der Waals surface area contributed by atoms with Crippen molar-refractivity contribution in [2.45, 2.75) is 20.0 Å². The molecule has 0 aliphatic carbocycles. The second kappa shape index (κ2) is 6.10. The Balaban J connectivity index is 2.02. The lowest BCUT2D eigenvalue weighted by molar-refractivity contribution is 0.102. The van der Waals surface area contributed by atoms with E-state index in [4.69, 9.17) is 10.5 Å². The fourth-order valence-electron chi connectivity index (χ4n) is 1.73.